The van der Waals surface area contributed by atoms with Crippen molar-refractivity contribution in [2.24, 2.45) is 0 Å². The molecule has 2 rings (SSSR count). The molecule has 5 heteroatoms. The van der Waals surface area contributed by atoms with E-state index in [9.17, 15) is 4.79 Å². The molecule has 3 N–H and O–H groups in total. The van der Waals surface area contributed by atoms with E-state index in [0.29, 0.717) is 13.1 Å². The molecule has 94 valence electrons. The molecule has 0 spiro atoms. The fourth-order valence-electron chi connectivity index (χ4n) is 2.30. The molecule has 0 bridgehead atoms. The zero-order valence-corrected chi connectivity index (χ0v) is 9.90. The second-order valence-electron chi connectivity index (χ2n) is 4.78. The Hall–Kier alpha value is -1.33. The molecule has 1 aliphatic rings. The first-order valence-corrected chi connectivity index (χ1v) is 5.82. The van der Waals surface area contributed by atoms with Gasteiger partial charge in [0, 0.05) is 25.6 Å². The minimum Gasteiger partial charge on any atom is -0.481 e. The van der Waals surface area contributed by atoms with Gasteiger partial charge in [-0.3, -0.25) is 4.79 Å². The number of aliphatic carboxylic acids is 1. The van der Waals surface area contributed by atoms with Crippen LogP contribution in [0.15, 0.2) is 22.8 Å². The molecule has 0 radical (unpaired) electrons. The van der Waals surface area contributed by atoms with Crippen molar-refractivity contribution in [2.75, 3.05) is 13.1 Å². The highest BCUT2D eigenvalue weighted by atomic mass is 16.4. The number of carbonyl (C=O) groups is 1. The topological polar surface area (TPSA) is 74.5 Å². The van der Waals surface area contributed by atoms with Crippen LogP contribution in [0.1, 0.15) is 19.1 Å². The van der Waals surface area contributed by atoms with Crippen molar-refractivity contribution >= 4 is 5.97 Å². The third-order valence-electron chi connectivity index (χ3n) is 3.06. The van der Waals surface area contributed by atoms with E-state index < -0.39 is 5.97 Å². The summed E-state index contributed by atoms with van der Waals surface area (Å²) in [6.45, 7) is 3.47. The van der Waals surface area contributed by atoms with Gasteiger partial charge in [-0.1, -0.05) is 0 Å². The number of furan rings is 1. The molecule has 0 saturated carbocycles. The first-order chi connectivity index (χ1) is 8.10. The average molecular weight is 238 g/mol. The molecule has 1 aromatic heterocycles. The van der Waals surface area contributed by atoms with Crippen molar-refractivity contribution in [2.45, 2.75) is 31.3 Å². The van der Waals surface area contributed by atoms with Crippen LogP contribution in [-0.4, -0.2) is 35.7 Å². The van der Waals surface area contributed by atoms with E-state index in [0.717, 1.165) is 12.2 Å². The summed E-state index contributed by atoms with van der Waals surface area (Å²) in [6, 6.07) is 3.99. The standard InChI is InChI=1S/C12H18N2O3/c1-9(5-10-3-2-4-17-10)14-12(6-11(15)16)7-13-8-12/h2-4,9,13-14H,5-8H2,1H3,(H,15,16). The lowest BCUT2D eigenvalue weighted by atomic mass is 9.87. The zero-order chi connectivity index (χ0) is 12.3. The van der Waals surface area contributed by atoms with E-state index in [1.54, 1.807) is 6.26 Å². The van der Waals surface area contributed by atoms with Gasteiger partial charge in [0.05, 0.1) is 18.2 Å². The molecule has 17 heavy (non-hydrogen) atoms. The Kier molecular flexibility index (Phi) is 3.49. The van der Waals surface area contributed by atoms with Crippen molar-refractivity contribution in [3.63, 3.8) is 0 Å². The average Bonchev–Trinajstić information content (AvgIpc) is 2.66. The van der Waals surface area contributed by atoms with Gasteiger partial charge < -0.3 is 20.2 Å². The predicted molar refractivity (Wildman–Crippen MR) is 62.9 cm³/mol. The van der Waals surface area contributed by atoms with Crippen molar-refractivity contribution < 1.29 is 14.3 Å². The van der Waals surface area contributed by atoms with E-state index in [1.807, 2.05) is 19.1 Å². The maximum atomic E-state index is 10.8. The molecule has 1 unspecified atom stereocenters. The van der Waals surface area contributed by atoms with Crippen molar-refractivity contribution in [3.8, 4) is 0 Å². The van der Waals surface area contributed by atoms with E-state index in [4.69, 9.17) is 9.52 Å². The van der Waals surface area contributed by atoms with Crippen LogP contribution in [0.3, 0.4) is 0 Å². The fraction of sp³-hybridized carbons (Fsp3) is 0.583. The quantitative estimate of drug-likeness (QED) is 0.677. The van der Waals surface area contributed by atoms with E-state index in [-0.39, 0.29) is 18.0 Å². The first kappa shape index (κ1) is 12.1. The Morgan fingerprint density at radius 3 is 2.94 bits per heavy atom. The number of carboxylic acids is 1. The molecular formula is C12H18N2O3. The molecule has 1 aromatic rings. The van der Waals surface area contributed by atoms with Gasteiger partial charge in [0.25, 0.3) is 0 Å². The summed E-state index contributed by atoms with van der Waals surface area (Å²) in [5.41, 5.74) is -0.294. The number of nitrogens with one attached hydrogen (secondary N) is 2. The van der Waals surface area contributed by atoms with Crippen LogP contribution in [0.2, 0.25) is 0 Å². The third-order valence-corrected chi connectivity index (χ3v) is 3.06. The normalized spacial score (nSPS) is 19.6. The Balaban J connectivity index is 1.88. The molecule has 1 saturated heterocycles. The maximum Gasteiger partial charge on any atom is 0.305 e. The summed E-state index contributed by atoms with van der Waals surface area (Å²) in [6.07, 6.45) is 2.58. The van der Waals surface area contributed by atoms with Gasteiger partial charge in [-0.05, 0) is 19.1 Å². The van der Waals surface area contributed by atoms with Crippen LogP contribution in [-0.2, 0) is 11.2 Å². The summed E-state index contributed by atoms with van der Waals surface area (Å²) in [4.78, 5) is 10.8. The smallest absolute Gasteiger partial charge is 0.305 e. The highest BCUT2D eigenvalue weighted by Crippen LogP contribution is 2.18. The van der Waals surface area contributed by atoms with Gasteiger partial charge >= 0.3 is 5.97 Å². The highest BCUT2D eigenvalue weighted by Gasteiger charge is 2.39. The second kappa shape index (κ2) is 4.89. The Bertz CT molecular complexity index is 371. The van der Waals surface area contributed by atoms with Crippen molar-refractivity contribution in [3.05, 3.63) is 24.2 Å². The molecule has 1 atom stereocenters. The Morgan fingerprint density at radius 2 is 2.47 bits per heavy atom. The van der Waals surface area contributed by atoms with Gasteiger partial charge in [-0.25, -0.2) is 0 Å². The minimum atomic E-state index is -0.760. The lowest BCUT2D eigenvalue weighted by Crippen LogP contribution is -2.70. The lowest BCUT2D eigenvalue weighted by molar-refractivity contribution is -0.139. The molecule has 0 aliphatic carbocycles. The molecule has 0 aromatic carbocycles. The Labute approximate surface area is 100 Å². The van der Waals surface area contributed by atoms with Crippen LogP contribution in [0.4, 0.5) is 0 Å². The van der Waals surface area contributed by atoms with Gasteiger partial charge in [-0.2, -0.15) is 0 Å². The summed E-state index contributed by atoms with van der Waals surface area (Å²) in [7, 11) is 0. The van der Waals surface area contributed by atoms with Crippen molar-refractivity contribution in [1.82, 2.24) is 10.6 Å². The summed E-state index contributed by atoms with van der Waals surface area (Å²) in [5, 5.41) is 15.4. The van der Waals surface area contributed by atoms with Crippen LogP contribution in [0.25, 0.3) is 0 Å². The monoisotopic (exact) mass is 238 g/mol. The van der Waals surface area contributed by atoms with Gasteiger partial charge in [0.15, 0.2) is 0 Å². The van der Waals surface area contributed by atoms with E-state index in [1.165, 1.54) is 0 Å². The molecule has 2 heterocycles. The lowest BCUT2D eigenvalue weighted by Gasteiger charge is -2.44. The van der Waals surface area contributed by atoms with E-state index >= 15 is 0 Å². The third kappa shape index (κ3) is 3.08. The molecule has 5 nitrogen and oxygen atoms in total. The molecule has 1 fully saturated rings. The molecule has 0 amide bonds. The second-order valence-corrected chi connectivity index (χ2v) is 4.78. The van der Waals surface area contributed by atoms with Crippen LogP contribution >= 0.6 is 0 Å². The highest BCUT2D eigenvalue weighted by molar-refractivity contribution is 5.68. The van der Waals surface area contributed by atoms with Crippen LogP contribution in [0.5, 0.6) is 0 Å². The summed E-state index contributed by atoms with van der Waals surface area (Å²) < 4.78 is 5.28. The van der Waals surface area contributed by atoms with E-state index in [2.05, 4.69) is 10.6 Å². The Morgan fingerprint density at radius 1 is 1.71 bits per heavy atom. The fourth-order valence-corrected chi connectivity index (χ4v) is 2.30. The van der Waals surface area contributed by atoms with Crippen LogP contribution < -0.4 is 10.6 Å². The number of rotatable bonds is 6. The van der Waals surface area contributed by atoms with Gasteiger partial charge in [-0.15, -0.1) is 0 Å². The molecular weight excluding hydrogens is 220 g/mol. The number of hydrogen-bond acceptors (Lipinski definition) is 4. The summed E-state index contributed by atoms with van der Waals surface area (Å²) >= 11 is 0. The maximum absolute atomic E-state index is 10.8. The van der Waals surface area contributed by atoms with Gasteiger partial charge in [0.2, 0.25) is 0 Å². The largest absolute Gasteiger partial charge is 0.481 e. The first-order valence-electron chi connectivity index (χ1n) is 5.82. The SMILES string of the molecule is CC(Cc1ccco1)NC1(CC(=O)O)CNC1. The summed E-state index contributed by atoms with van der Waals surface area (Å²) in [5.74, 6) is 0.159. The predicted octanol–water partition coefficient (Wildman–Crippen LogP) is 0.617. The molecule has 1 aliphatic heterocycles. The number of hydrogen-bond donors (Lipinski definition) is 3. The van der Waals surface area contributed by atoms with Crippen LogP contribution in [0, 0.1) is 0 Å². The van der Waals surface area contributed by atoms with Crippen molar-refractivity contribution in [1.29, 1.82) is 0 Å². The van der Waals surface area contributed by atoms with Gasteiger partial charge in [0.1, 0.15) is 5.76 Å². The number of carboxylic acid groups (broad SMARTS) is 1. The minimum absolute atomic E-state index is 0.155. The zero-order valence-electron chi connectivity index (χ0n) is 9.90.